The molecular formula is C10H18N2O. The summed E-state index contributed by atoms with van der Waals surface area (Å²) in [6.07, 6.45) is 1.85. The molecule has 0 aromatic carbocycles. The van der Waals surface area contributed by atoms with Gasteiger partial charge in [-0.25, -0.2) is 0 Å². The Balaban J connectivity index is 2.05. The molecule has 2 rings (SSSR count). The molecule has 2 heterocycles. The minimum atomic E-state index is 0.331. The molecule has 0 spiro atoms. The number of nitrogens with zero attached hydrogens (tertiary/aromatic N) is 2. The Kier molecular flexibility index (Phi) is 2.28. The maximum Gasteiger partial charge on any atom is 0.222 e. The van der Waals surface area contributed by atoms with Crippen molar-refractivity contribution in [3.05, 3.63) is 0 Å². The maximum atomic E-state index is 11.4. The van der Waals surface area contributed by atoms with E-state index in [2.05, 4.69) is 11.9 Å². The third kappa shape index (κ3) is 1.70. The molecule has 0 saturated carbocycles. The van der Waals surface area contributed by atoms with Crippen LogP contribution in [0.3, 0.4) is 0 Å². The van der Waals surface area contributed by atoms with E-state index in [1.165, 1.54) is 13.1 Å². The molecule has 2 unspecified atom stereocenters. The molecule has 2 aliphatic rings. The molecule has 2 atom stereocenters. The molecule has 0 radical (unpaired) electrons. The number of amides is 1. The average Bonchev–Trinajstić information content (AvgIpc) is 2.36. The molecule has 1 amide bonds. The zero-order valence-corrected chi connectivity index (χ0v) is 8.49. The minimum Gasteiger partial charge on any atom is -0.345 e. The Morgan fingerprint density at radius 3 is 2.62 bits per heavy atom. The van der Waals surface area contributed by atoms with E-state index in [0.29, 0.717) is 5.91 Å². The lowest BCUT2D eigenvalue weighted by molar-refractivity contribution is -0.129. The Labute approximate surface area is 79.7 Å². The molecular weight excluding hydrogens is 164 g/mol. The van der Waals surface area contributed by atoms with Gasteiger partial charge < -0.3 is 9.80 Å². The molecule has 0 aromatic rings. The summed E-state index contributed by atoms with van der Waals surface area (Å²) in [6, 6.07) is 0. The molecule has 2 aliphatic heterocycles. The molecule has 74 valence electrons. The lowest BCUT2D eigenvalue weighted by Crippen LogP contribution is -2.31. The quantitative estimate of drug-likeness (QED) is 0.542. The predicted octanol–water partition coefficient (Wildman–Crippen LogP) is 0.416. The first kappa shape index (κ1) is 9.00. The first-order chi connectivity index (χ1) is 6.16. The molecule has 2 saturated heterocycles. The van der Waals surface area contributed by atoms with Crippen molar-refractivity contribution < 1.29 is 4.79 Å². The maximum absolute atomic E-state index is 11.4. The summed E-state index contributed by atoms with van der Waals surface area (Å²) >= 11 is 0. The Hall–Kier alpha value is -0.570. The van der Waals surface area contributed by atoms with E-state index in [4.69, 9.17) is 0 Å². The van der Waals surface area contributed by atoms with Gasteiger partial charge in [0.1, 0.15) is 0 Å². The van der Waals surface area contributed by atoms with Gasteiger partial charge in [0, 0.05) is 33.1 Å². The summed E-state index contributed by atoms with van der Waals surface area (Å²) in [5, 5.41) is 0. The molecule has 0 bridgehead atoms. The van der Waals surface area contributed by atoms with E-state index >= 15 is 0 Å². The highest BCUT2D eigenvalue weighted by atomic mass is 16.2. The zero-order chi connectivity index (χ0) is 9.42. The van der Waals surface area contributed by atoms with Crippen LogP contribution in [0.2, 0.25) is 0 Å². The molecule has 0 N–H and O–H groups in total. The number of fused-ring (bicyclic) bond motifs is 1. The fourth-order valence-corrected chi connectivity index (χ4v) is 2.66. The number of carbonyl (C=O) groups excluding carboxylic acids is 1. The number of hydrogen-bond acceptors (Lipinski definition) is 2. The molecule has 3 heteroatoms. The van der Waals surface area contributed by atoms with E-state index in [1.54, 1.807) is 0 Å². The van der Waals surface area contributed by atoms with Crippen LogP contribution in [0.25, 0.3) is 0 Å². The van der Waals surface area contributed by atoms with Gasteiger partial charge in [-0.2, -0.15) is 0 Å². The van der Waals surface area contributed by atoms with E-state index in [-0.39, 0.29) is 0 Å². The summed E-state index contributed by atoms with van der Waals surface area (Å²) in [5.41, 5.74) is 0. The van der Waals surface area contributed by atoms with Gasteiger partial charge in [0.05, 0.1) is 0 Å². The average molecular weight is 182 g/mol. The highest BCUT2D eigenvalue weighted by Gasteiger charge is 2.34. The first-order valence-corrected chi connectivity index (χ1v) is 5.09. The second-order valence-corrected chi connectivity index (χ2v) is 4.55. The van der Waals surface area contributed by atoms with Crippen molar-refractivity contribution in [2.45, 2.75) is 12.8 Å². The van der Waals surface area contributed by atoms with Crippen molar-refractivity contribution >= 4 is 5.91 Å². The minimum absolute atomic E-state index is 0.331. The van der Waals surface area contributed by atoms with Crippen molar-refractivity contribution in [3.63, 3.8) is 0 Å². The topological polar surface area (TPSA) is 23.6 Å². The molecule has 2 fully saturated rings. The highest BCUT2D eigenvalue weighted by molar-refractivity contribution is 5.76. The van der Waals surface area contributed by atoms with Crippen LogP contribution >= 0.6 is 0 Å². The van der Waals surface area contributed by atoms with Crippen LogP contribution in [0, 0.1) is 11.8 Å². The smallest absolute Gasteiger partial charge is 0.222 e. The second-order valence-electron chi connectivity index (χ2n) is 4.55. The number of hydrogen-bond donors (Lipinski definition) is 0. The van der Waals surface area contributed by atoms with Crippen molar-refractivity contribution in [1.29, 1.82) is 0 Å². The van der Waals surface area contributed by atoms with Gasteiger partial charge in [-0.3, -0.25) is 4.79 Å². The van der Waals surface area contributed by atoms with Crippen molar-refractivity contribution in [3.8, 4) is 0 Å². The Morgan fingerprint density at radius 2 is 1.85 bits per heavy atom. The van der Waals surface area contributed by atoms with Crippen LogP contribution in [0.15, 0.2) is 0 Å². The Bertz CT molecular complexity index is 217. The molecule has 3 nitrogen and oxygen atoms in total. The first-order valence-electron chi connectivity index (χ1n) is 5.09. The van der Waals surface area contributed by atoms with Crippen molar-refractivity contribution in [2.75, 3.05) is 33.7 Å². The fraction of sp³-hybridized carbons (Fsp3) is 0.900. The number of rotatable bonds is 0. The Morgan fingerprint density at radius 1 is 1.15 bits per heavy atom. The van der Waals surface area contributed by atoms with Gasteiger partial charge in [-0.05, 0) is 25.3 Å². The fourth-order valence-electron chi connectivity index (χ4n) is 2.66. The lowest BCUT2D eigenvalue weighted by atomic mass is 9.93. The van der Waals surface area contributed by atoms with Crippen LogP contribution in [-0.4, -0.2) is 49.4 Å². The van der Waals surface area contributed by atoms with Crippen LogP contribution in [0.5, 0.6) is 0 Å². The second kappa shape index (κ2) is 3.29. The third-order valence-corrected chi connectivity index (χ3v) is 3.42. The highest BCUT2D eigenvalue weighted by Crippen LogP contribution is 2.29. The van der Waals surface area contributed by atoms with Crippen molar-refractivity contribution in [2.24, 2.45) is 11.8 Å². The van der Waals surface area contributed by atoms with Crippen molar-refractivity contribution in [1.82, 2.24) is 9.80 Å². The standard InChI is InChI=1S/C10H18N2O/c1-11-5-8-3-4-10(13)12(2)7-9(8)6-11/h8-9H,3-7H2,1-2H3. The summed E-state index contributed by atoms with van der Waals surface area (Å²) in [7, 11) is 4.11. The number of carbonyl (C=O) groups is 1. The summed E-state index contributed by atoms with van der Waals surface area (Å²) in [5.74, 6) is 1.82. The van der Waals surface area contributed by atoms with Gasteiger partial charge in [0.15, 0.2) is 0 Å². The van der Waals surface area contributed by atoms with Crippen LogP contribution in [-0.2, 0) is 4.79 Å². The van der Waals surface area contributed by atoms with E-state index in [1.807, 2.05) is 11.9 Å². The van der Waals surface area contributed by atoms with Gasteiger partial charge in [0.2, 0.25) is 5.91 Å². The third-order valence-electron chi connectivity index (χ3n) is 3.42. The molecule has 0 aliphatic carbocycles. The number of likely N-dealkylation sites (tertiary alicyclic amines) is 2. The molecule has 13 heavy (non-hydrogen) atoms. The molecule has 0 aromatic heterocycles. The van der Waals surface area contributed by atoms with Crippen LogP contribution in [0.4, 0.5) is 0 Å². The van der Waals surface area contributed by atoms with E-state index < -0.39 is 0 Å². The van der Waals surface area contributed by atoms with E-state index in [9.17, 15) is 4.79 Å². The SMILES string of the molecule is CN1CC2CCC(=O)N(C)CC2C1. The lowest BCUT2D eigenvalue weighted by Gasteiger charge is -2.19. The summed E-state index contributed by atoms with van der Waals surface area (Å²) in [6.45, 7) is 3.32. The summed E-state index contributed by atoms with van der Waals surface area (Å²) in [4.78, 5) is 15.7. The monoisotopic (exact) mass is 182 g/mol. The van der Waals surface area contributed by atoms with Crippen LogP contribution in [0.1, 0.15) is 12.8 Å². The zero-order valence-electron chi connectivity index (χ0n) is 8.49. The van der Waals surface area contributed by atoms with Gasteiger partial charge in [-0.15, -0.1) is 0 Å². The van der Waals surface area contributed by atoms with Gasteiger partial charge in [-0.1, -0.05) is 0 Å². The largest absolute Gasteiger partial charge is 0.345 e. The van der Waals surface area contributed by atoms with E-state index in [0.717, 1.165) is 31.2 Å². The predicted molar refractivity (Wildman–Crippen MR) is 51.3 cm³/mol. The summed E-state index contributed by atoms with van der Waals surface area (Å²) < 4.78 is 0. The van der Waals surface area contributed by atoms with Gasteiger partial charge >= 0.3 is 0 Å². The van der Waals surface area contributed by atoms with Crippen LogP contribution < -0.4 is 0 Å². The normalized spacial score (nSPS) is 36.2. The van der Waals surface area contributed by atoms with Gasteiger partial charge in [0.25, 0.3) is 0 Å².